The van der Waals surface area contributed by atoms with Gasteiger partial charge >= 0.3 is 11.9 Å². The Morgan fingerprint density at radius 1 is 0.846 bits per heavy atom. The van der Waals surface area contributed by atoms with Crippen LogP contribution in [0.15, 0.2) is 54.6 Å². The average Bonchev–Trinajstić information content (AvgIpc) is 2.93. The van der Waals surface area contributed by atoms with Gasteiger partial charge in [0.15, 0.2) is 6.10 Å². The van der Waals surface area contributed by atoms with Crippen molar-refractivity contribution < 1.29 is 33.8 Å². The van der Waals surface area contributed by atoms with Crippen molar-refractivity contribution in [2.75, 3.05) is 13.7 Å². The molecule has 39 heavy (non-hydrogen) atoms. The number of amides is 2. The zero-order valence-corrected chi connectivity index (χ0v) is 23.6. The van der Waals surface area contributed by atoms with Gasteiger partial charge in [-0.05, 0) is 42.4 Å². The Labute approximate surface area is 231 Å². The minimum Gasteiger partial charge on any atom is -0.467 e. The van der Waals surface area contributed by atoms with E-state index in [4.69, 9.17) is 4.74 Å². The number of hydrogen-bond donors (Lipinski definition) is 3. The standard InChI is InChI=1S/C28H36N2O7.C2H6/c1-19(31)30-24(14-16-26(33)28(35)36-3)13-15-25(37-20(2)32)18-29-27(34)17-21-9-11-23(12-10-21)22-7-5-4-6-8-22;1-2/h4-12,24-26,33H,13-18H2,1-3H3,(H,29,34)(H,30,31);1-2H3. The number of methoxy groups -OCH3 is 1. The van der Waals surface area contributed by atoms with E-state index in [0.29, 0.717) is 19.3 Å². The molecule has 0 aliphatic rings. The number of aliphatic hydroxyl groups excluding tert-OH is 1. The number of ether oxygens (including phenoxy) is 2. The maximum atomic E-state index is 12.5. The smallest absolute Gasteiger partial charge is 0.334 e. The number of nitrogens with one attached hydrogen (secondary N) is 2. The van der Waals surface area contributed by atoms with Crippen LogP contribution in [0.2, 0.25) is 0 Å². The van der Waals surface area contributed by atoms with E-state index in [-0.39, 0.29) is 37.2 Å². The largest absolute Gasteiger partial charge is 0.467 e. The normalized spacial score (nSPS) is 12.6. The number of hydrogen-bond acceptors (Lipinski definition) is 7. The molecular formula is C30H42N2O7. The average molecular weight is 543 g/mol. The molecule has 2 rings (SSSR count). The van der Waals surface area contributed by atoms with Crippen molar-refractivity contribution in [3.8, 4) is 11.1 Å². The summed E-state index contributed by atoms with van der Waals surface area (Å²) >= 11 is 0. The third-order valence-electron chi connectivity index (χ3n) is 5.79. The third kappa shape index (κ3) is 13.6. The van der Waals surface area contributed by atoms with Crippen molar-refractivity contribution in [1.82, 2.24) is 10.6 Å². The highest BCUT2D eigenvalue weighted by Crippen LogP contribution is 2.19. The second-order valence-electron chi connectivity index (χ2n) is 8.87. The number of carbonyl (C=O) groups is 4. The van der Waals surface area contributed by atoms with E-state index in [1.165, 1.54) is 21.0 Å². The van der Waals surface area contributed by atoms with Gasteiger partial charge in [0.2, 0.25) is 11.8 Å². The van der Waals surface area contributed by atoms with Gasteiger partial charge < -0.3 is 25.2 Å². The molecule has 0 bridgehead atoms. The third-order valence-corrected chi connectivity index (χ3v) is 5.79. The molecule has 9 heteroatoms. The van der Waals surface area contributed by atoms with E-state index in [9.17, 15) is 24.3 Å². The molecule has 0 aliphatic heterocycles. The Bertz CT molecular complexity index is 1030. The lowest BCUT2D eigenvalue weighted by molar-refractivity contribution is -0.151. The summed E-state index contributed by atoms with van der Waals surface area (Å²) in [4.78, 5) is 47.2. The van der Waals surface area contributed by atoms with Gasteiger partial charge in [0.05, 0.1) is 20.1 Å². The van der Waals surface area contributed by atoms with E-state index in [1.54, 1.807) is 0 Å². The van der Waals surface area contributed by atoms with Crippen LogP contribution in [0.25, 0.3) is 11.1 Å². The molecule has 0 saturated carbocycles. The summed E-state index contributed by atoms with van der Waals surface area (Å²) in [6.07, 6.45) is -0.478. The van der Waals surface area contributed by atoms with Crippen LogP contribution in [0, 0.1) is 0 Å². The Hall–Kier alpha value is -3.72. The summed E-state index contributed by atoms with van der Waals surface area (Å²) in [5.74, 6) is -1.68. The number of esters is 2. The second kappa shape index (κ2) is 18.5. The van der Waals surface area contributed by atoms with Gasteiger partial charge in [-0.3, -0.25) is 14.4 Å². The van der Waals surface area contributed by atoms with Crippen molar-refractivity contribution in [3.63, 3.8) is 0 Å². The lowest BCUT2D eigenvalue weighted by atomic mass is 10.0. The molecule has 3 atom stereocenters. The SMILES string of the molecule is CC.COC(=O)C(O)CCC(CCC(CNC(=O)Cc1ccc(-c2ccccc2)cc1)OC(C)=O)NC(C)=O. The summed E-state index contributed by atoms with van der Waals surface area (Å²) < 4.78 is 9.88. The Morgan fingerprint density at radius 3 is 2.00 bits per heavy atom. The molecule has 3 unspecified atom stereocenters. The van der Waals surface area contributed by atoms with Crippen LogP contribution in [-0.2, 0) is 35.1 Å². The number of benzene rings is 2. The summed E-state index contributed by atoms with van der Waals surface area (Å²) in [5.41, 5.74) is 3.02. The molecule has 9 nitrogen and oxygen atoms in total. The maximum Gasteiger partial charge on any atom is 0.334 e. The van der Waals surface area contributed by atoms with Gasteiger partial charge in [-0.1, -0.05) is 68.4 Å². The minimum absolute atomic E-state index is 0.107. The fourth-order valence-electron chi connectivity index (χ4n) is 3.93. The van der Waals surface area contributed by atoms with Crippen molar-refractivity contribution in [3.05, 3.63) is 60.2 Å². The lowest BCUT2D eigenvalue weighted by Gasteiger charge is -2.23. The monoisotopic (exact) mass is 542 g/mol. The molecular weight excluding hydrogens is 500 g/mol. The van der Waals surface area contributed by atoms with E-state index >= 15 is 0 Å². The lowest BCUT2D eigenvalue weighted by Crippen LogP contribution is -2.38. The van der Waals surface area contributed by atoms with Crippen LogP contribution in [-0.4, -0.2) is 60.8 Å². The molecule has 3 N–H and O–H groups in total. The van der Waals surface area contributed by atoms with Gasteiger partial charge in [-0.25, -0.2) is 4.79 Å². The van der Waals surface area contributed by atoms with Gasteiger partial charge in [-0.15, -0.1) is 0 Å². The Morgan fingerprint density at radius 2 is 1.44 bits per heavy atom. The minimum atomic E-state index is -1.29. The van der Waals surface area contributed by atoms with E-state index in [1.807, 2.05) is 68.4 Å². The predicted octanol–water partition coefficient (Wildman–Crippen LogP) is 3.57. The highest BCUT2D eigenvalue weighted by Gasteiger charge is 2.21. The zero-order valence-electron chi connectivity index (χ0n) is 23.6. The molecule has 0 fully saturated rings. The molecule has 0 aliphatic carbocycles. The van der Waals surface area contributed by atoms with E-state index < -0.39 is 24.1 Å². The van der Waals surface area contributed by atoms with E-state index in [0.717, 1.165) is 16.7 Å². The van der Waals surface area contributed by atoms with Gasteiger partial charge in [-0.2, -0.15) is 0 Å². The number of aliphatic hydroxyl groups is 1. The summed E-state index contributed by atoms with van der Waals surface area (Å²) in [5, 5.41) is 15.4. The first kappa shape index (κ1) is 33.3. The topological polar surface area (TPSA) is 131 Å². The van der Waals surface area contributed by atoms with Gasteiger partial charge in [0.25, 0.3) is 0 Å². The summed E-state index contributed by atoms with van der Waals surface area (Å²) in [6.45, 7) is 6.79. The molecule has 2 amide bonds. The van der Waals surface area contributed by atoms with Crippen molar-refractivity contribution >= 4 is 23.8 Å². The first-order chi connectivity index (χ1) is 18.7. The maximum absolute atomic E-state index is 12.5. The van der Waals surface area contributed by atoms with E-state index in [2.05, 4.69) is 15.4 Å². The molecule has 214 valence electrons. The van der Waals surface area contributed by atoms with Crippen LogP contribution in [0.1, 0.15) is 58.9 Å². The molecule has 0 radical (unpaired) electrons. The fraction of sp³-hybridized carbons (Fsp3) is 0.467. The first-order valence-corrected chi connectivity index (χ1v) is 13.3. The van der Waals surface area contributed by atoms with Crippen molar-refractivity contribution in [2.24, 2.45) is 0 Å². The predicted molar refractivity (Wildman–Crippen MR) is 150 cm³/mol. The van der Waals surface area contributed by atoms with Crippen LogP contribution in [0.5, 0.6) is 0 Å². The molecule has 0 spiro atoms. The zero-order chi connectivity index (χ0) is 29.2. The number of carbonyl (C=O) groups excluding carboxylic acids is 4. The summed E-state index contributed by atoms with van der Waals surface area (Å²) in [6, 6.07) is 17.4. The van der Waals surface area contributed by atoms with Crippen LogP contribution in [0.4, 0.5) is 0 Å². The van der Waals surface area contributed by atoms with Gasteiger partial charge in [0, 0.05) is 19.9 Å². The van der Waals surface area contributed by atoms with Crippen molar-refractivity contribution in [2.45, 2.75) is 78.0 Å². The molecule has 0 heterocycles. The van der Waals surface area contributed by atoms with Crippen LogP contribution >= 0.6 is 0 Å². The Kier molecular flexibility index (Phi) is 15.8. The highest BCUT2D eigenvalue weighted by atomic mass is 16.5. The Balaban J connectivity index is 0.00000371. The fourth-order valence-corrected chi connectivity index (χ4v) is 3.93. The second-order valence-corrected chi connectivity index (χ2v) is 8.87. The summed E-state index contributed by atoms with van der Waals surface area (Å²) in [7, 11) is 1.19. The van der Waals surface area contributed by atoms with Gasteiger partial charge in [0.1, 0.15) is 6.10 Å². The molecule has 2 aromatic carbocycles. The molecule has 2 aromatic rings. The first-order valence-electron chi connectivity index (χ1n) is 13.3. The molecule has 0 aromatic heterocycles. The quantitative estimate of drug-likeness (QED) is 0.311. The van der Waals surface area contributed by atoms with Crippen LogP contribution < -0.4 is 10.6 Å². The highest BCUT2D eigenvalue weighted by molar-refractivity contribution is 5.79. The number of rotatable bonds is 14. The van der Waals surface area contributed by atoms with Crippen molar-refractivity contribution in [1.29, 1.82) is 0 Å². The van der Waals surface area contributed by atoms with Crippen LogP contribution in [0.3, 0.4) is 0 Å². The molecule has 0 saturated heterocycles.